The molecule has 0 fully saturated rings. The van der Waals surface area contributed by atoms with Gasteiger partial charge in [0.25, 0.3) is 0 Å². The van der Waals surface area contributed by atoms with Gasteiger partial charge >= 0.3 is 5.97 Å². The molecule has 1 aliphatic rings. The van der Waals surface area contributed by atoms with Crippen molar-refractivity contribution in [3.05, 3.63) is 46.7 Å². The molecule has 0 saturated heterocycles. The smallest absolute Gasteiger partial charge is 0.343 e. The Morgan fingerprint density at radius 2 is 1.86 bits per heavy atom. The van der Waals surface area contributed by atoms with Gasteiger partial charge in [-0.2, -0.15) is 0 Å². The minimum Gasteiger partial charge on any atom is -0.462 e. The van der Waals surface area contributed by atoms with Crippen molar-refractivity contribution in [1.82, 2.24) is 4.90 Å². The lowest BCUT2D eigenvalue weighted by atomic mass is 9.96. The van der Waals surface area contributed by atoms with E-state index < -0.39 is 17.5 Å². The van der Waals surface area contributed by atoms with Gasteiger partial charge in [-0.25, -0.2) is 4.79 Å². The van der Waals surface area contributed by atoms with Crippen LogP contribution < -0.4 is 0 Å². The first-order chi connectivity index (χ1) is 10.3. The lowest BCUT2D eigenvalue weighted by Gasteiger charge is -2.32. The van der Waals surface area contributed by atoms with Crippen LogP contribution >= 0.6 is 0 Å². The fourth-order valence-corrected chi connectivity index (χ4v) is 2.60. The summed E-state index contributed by atoms with van der Waals surface area (Å²) in [4.78, 5) is 26.0. The summed E-state index contributed by atoms with van der Waals surface area (Å²) in [7, 11) is 1.60. The quantitative estimate of drug-likeness (QED) is 0.675. The molecule has 1 aromatic rings. The number of carbonyl (C=O) groups excluding carboxylic acids is 2. The van der Waals surface area contributed by atoms with Gasteiger partial charge in [0.15, 0.2) is 0 Å². The van der Waals surface area contributed by atoms with E-state index >= 15 is 0 Å². The fraction of sp³-hybridized carbons (Fsp3) is 0.412. The molecular formula is C17H21NO4. The SMILES string of the molecule is CCOC(=O)C1=C(C)N(C)C(O)(Cc2ccc(C)cc2)C1=O. The predicted molar refractivity (Wildman–Crippen MR) is 81.9 cm³/mol. The molecule has 5 heteroatoms. The minimum atomic E-state index is -1.75. The Labute approximate surface area is 130 Å². The van der Waals surface area contributed by atoms with Crippen molar-refractivity contribution >= 4 is 11.8 Å². The van der Waals surface area contributed by atoms with E-state index in [-0.39, 0.29) is 18.6 Å². The standard InChI is InChI=1S/C17H21NO4/c1-5-22-16(20)14-12(3)18(4)17(21,15(14)19)10-13-8-6-11(2)7-9-13/h6-9,21H,5,10H2,1-4H3. The molecule has 1 N–H and O–H groups in total. The third-order valence-electron chi connectivity index (χ3n) is 4.06. The highest BCUT2D eigenvalue weighted by Gasteiger charge is 2.51. The zero-order valence-corrected chi connectivity index (χ0v) is 13.3. The minimum absolute atomic E-state index is 0.0704. The van der Waals surface area contributed by atoms with Gasteiger partial charge < -0.3 is 14.7 Å². The summed E-state index contributed by atoms with van der Waals surface area (Å²) >= 11 is 0. The van der Waals surface area contributed by atoms with Crippen molar-refractivity contribution in [3.63, 3.8) is 0 Å². The second-order valence-electron chi connectivity index (χ2n) is 5.55. The van der Waals surface area contributed by atoms with Gasteiger partial charge in [0.1, 0.15) is 5.57 Å². The molecule has 0 radical (unpaired) electrons. The normalized spacial score (nSPS) is 21.5. The Morgan fingerprint density at radius 1 is 1.27 bits per heavy atom. The van der Waals surface area contributed by atoms with Crippen molar-refractivity contribution in [2.45, 2.75) is 32.9 Å². The lowest BCUT2D eigenvalue weighted by molar-refractivity contribution is -0.148. The van der Waals surface area contributed by atoms with Crippen LogP contribution in [0.4, 0.5) is 0 Å². The van der Waals surface area contributed by atoms with E-state index in [1.165, 1.54) is 4.90 Å². The second-order valence-corrected chi connectivity index (χ2v) is 5.55. The summed E-state index contributed by atoms with van der Waals surface area (Å²) in [6.07, 6.45) is 0.114. The van der Waals surface area contributed by atoms with Gasteiger partial charge in [-0.05, 0) is 26.3 Å². The lowest BCUT2D eigenvalue weighted by Crippen LogP contribution is -2.49. The van der Waals surface area contributed by atoms with Gasteiger partial charge in [0, 0.05) is 19.2 Å². The number of benzene rings is 1. The third kappa shape index (κ3) is 2.64. The average Bonchev–Trinajstić information content (AvgIpc) is 2.63. The molecule has 0 aromatic heterocycles. The summed E-state index contributed by atoms with van der Waals surface area (Å²) in [5.41, 5.74) is 0.535. The first-order valence-corrected chi connectivity index (χ1v) is 7.25. The van der Waals surface area contributed by atoms with Crippen LogP contribution in [0.5, 0.6) is 0 Å². The molecule has 22 heavy (non-hydrogen) atoms. The van der Waals surface area contributed by atoms with Crippen LogP contribution in [0.15, 0.2) is 35.5 Å². The summed E-state index contributed by atoms with van der Waals surface area (Å²) < 4.78 is 4.92. The number of aryl methyl sites for hydroxylation is 1. The van der Waals surface area contributed by atoms with Crippen molar-refractivity contribution < 1.29 is 19.4 Å². The molecule has 1 unspecified atom stereocenters. The third-order valence-corrected chi connectivity index (χ3v) is 4.06. The Morgan fingerprint density at radius 3 is 2.41 bits per heavy atom. The van der Waals surface area contributed by atoms with Crippen LogP contribution in [0, 0.1) is 6.92 Å². The maximum Gasteiger partial charge on any atom is 0.343 e. The summed E-state index contributed by atoms with van der Waals surface area (Å²) in [5, 5.41) is 10.8. The van der Waals surface area contributed by atoms with Crippen LogP contribution in [-0.2, 0) is 20.7 Å². The van der Waals surface area contributed by atoms with E-state index in [9.17, 15) is 14.7 Å². The Balaban J connectivity index is 2.31. The Kier molecular flexibility index (Phi) is 4.37. The molecule has 0 spiro atoms. The molecule has 0 amide bonds. The molecule has 5 nitrogen and oxygen atoms in total. The molecular weight excluding hydrogens is 282 g/mol. The van der Waals surface area contributed by atoms with Gasteiger partial charge in [-0.1, -0.05) is 29.8 Å². The Hall–Kier alpha value is -2.14. The largest absolute Gasteiger partial charge is 0.462 e. The zero-order valence-electron chi connectivity index (χ0n) is 13.3. The van der Waals surface area contributed by atoms with Gasteiger partial charge in [-0.3, -0.25) is 4.79 Å². The van der Waals surface area contributed by atoms with E-state index in [4.69, 9.17) is 4.74 Å². The van der Waals surface area contributed by atoms with Gasteiger partial charge in [-0.15, -0.1) is 0 Å². The maximum atomic E-state index is 12.6. The van der Waals surface area contributed by atoms with Crippen LogP contribution in [0.3, 0.4) is 0 Å². The van der Waals surface area contributed by atoms with Crippen LogP contribution in [0.1, 0.15) is 25.0 Å². The molecule has 1 atom stereocenters. The van der Waals surface area contributed by atoms with Gasteiger partial charge in [0.05, 0.1) is 6.61 Å². The van der Waals surface area contributed by atoms with E-state index in [2.05, 4.69) is 0 Å². The molecule has 1 aromatic carbocycles. The number of nitrogens with zero attached hydrogens (tertiary/aromatic N) is 1. The number of ketones is 1. The predicted octanol–water partition coefficient (Wildman–Crippen LogP) is 1.58. The number of Topliss-reactive ketones (excluding diaryl/α,β-unsaturated/α-hetero) is 1. The van der Waals surface area contributed by atoms with E-state index in [0.717, 1.165) is 11.1 Å². The molecule has 118 valence electrons. The first kappa shape index (κ1) is 16.2. The zero-order chi connectivity index (χ0) is 16.5. The number of carbonyl (C=O) groups is 2. The number of likely N-dealkylation sites (N-methyl/N-ethyl adjacent to an activating group) is 1. The molecule has 1 heterocycles. The van der Waals surface area contributed by atoms with Crippen LogP contribution in [0.2, 0.25) is 0 Å². The number of hydrogen-bond donors (Lipinski definition) is 1. The topological polar surface area (TPSA) is 66.8 Å². The van der Waals surface area contributed by atoms with Crippen molar-refractivity contribution in [1.29, 1.82) is 0 Å². The summed E-state index contributed by atoms with van der Waals surface area (Å²) in [6.45, 7) is 5.46. The molecule has 2 rings (SSSR count). The number of rotatable bonds is 4. The van der Waals surface area contributed by atoms with Crippen molar-refractivity contribution in [2.24, 2.45) is 0 Å². The highest BCUT2D eigenvalue weighted by atomic mass is 16.5. The fourth-order valence-electron chi connectivity index (χ4n) is 2.60. The molecule has 0 saturated carbocycles. The van der Waals surface area contributed by atoms with Crippen molar-refractivity contribution in [2.75, 3.05) is 13.7 Å². The highest BCUT2D eigenvalue weighted by molar-refractivity contribution is 6.22. The average molecular weight is 303 g/mol. The molecule has 0 aliphatic carbocycles. The van der Waals surface area contributed by atoms with E-state index in [1.54, 1.807) is 20.9 Å². The highest BCUT2D eigenvalue weighted by Crippen LogP contribution is 2.34. The van der Waals surface area contributed by atoms with Crippen LogP contribution in [0.25, 0.3) is 0 Å². The first-order valence-electron chi connectivity index (χ1n) is 7.25. The number of aliphatic hydroxyl groups is 1. The van der Waals surface area contributed by atoms with E-state index in [1.807, 2.05) is 31.2 Å². The molecule has 1 aliphatic heterocycles. The van der Waals surface area contributed by atoms with Gasteiger partial charge in [0.2, 0.25) is 11.5 Å². The maximum absolute atomic E-state index is 12.6. The second kappa shape index (κ2) is 5.93. The molecule has 0 bridgehead atoms. The Bertz CT molecular complexity index is 633. The number of ether oxygens (including phenoxy) is 1. The number of allylic oxidation sites excluding steroid dienone is 1. The van der Waals surface area contributed by atoms with Crippen molar-refractivity contribution in [3.8, 4) is 0 Å². The number of esters is 1. The summed E-state index contributed by atoms with van der Waals surface area (Å²) in [5.74, 6) is -1.29. The monoisotopic (exact) mass is 303 g/mol. The summed E-state index contributed by atoms with van der Waals surface area (Å²) in [6, 6.07) is 7.58. The number of hydrogen-bond acceptors (Lipinski definition) is 5. The van der Waals surface area contributed by atoms with E-state index in [0.29, 0.717) is 5.70 Å². The van der Waals surface area contributed by atoms with Crippen LogP contribution in [-0.4, -0.2) is 41.1 Å².